The van der Waals surface area contributed by atoms with Gasteiger partial charge in [0.1, 0.15) is 0 Å². The summed E-state index contributed by atoms with van der Waals surface area (Å²) in [5, 5.41) is 11.8. The molecular weight excluding hydrogens is 140 g/mol. The number of hydrogen-bond donors (Lipinski definition) is 3. The van der Waals surface area contributed by atoms with E-state index in [0.29, 0.717) is 0 Å². The van der Waals surface area contributed by atoms with Crippen LogP contribution in [0.3, 0.4) is 0 Å². The van der Waals surface area contributed by atoms with Crippen LogP contribution in [0.15, 0.2) is 18.3 Å². The summed E-state index contributed by atoms with van der Waals surface area (Å²) in [5.74, 6) is 0. The molecule has 0 aromatic carbocycles. The molecule has 0 aliphatic heterocycles. The van der Waals surface area contributed by atoms with Gasteiger partial charge in [0.05, 0.1) is 6.61 Å². The van der Waals surface area contributed by atoms with Gasteiger partial charge in [0.2, 0.25) is 0 Å². The highest BCUT2D eigenvalue weighted by Crippen LogP contribution is 1.93. The van der Waals surface area contributed by atoms with Crippen LogP contribution in [0, 0.1) is 0 Å². The topological polar surface area (TPSA) is 48.0 Å². The van der Waals surface area contributed by atoms with E-state index in [1.807, 2.05) is 25.3 Å². The lowest BCUT2D eigenvalue weighted by Gasteiger charge is -2.08. The number of aliphatic hydroxyl groups is 1. The number of aliphatic hydroxyl groups excluding tert-OH is 1. The molecular formula is C8H14N2O. The predicted molar refractivity (Wildman–Crippen MR) is 44.2 cm³/mol. The highest BCUT2D eigenvalue weighted by molar-refractivity contribution is 5.02. The lowest BCUT2D eigenvalue weighted by atomic mass is 10.3. The van der Waals surface area contributed by atoms with Crippen LogP contribution >= 0.6 is 0 Å². The molecule has 0 fully saturated rings. The maximum atomic E-state index is 8.69. The molecule has 1 aromatic rings. The second-order valence-electron chi connectivity index (χ2n) is 2.66. The minimum atomic E-state index is 0.165. The molecule has 3 heteroatoms. The Balaban J connectivity index is 2.23. The van der Waals surface area contributed by atoms with Crippen LogP contribution in [0.4, 0.5) is 0 Å². The van der Waals surface area contributed by atoms with Crippen molar-refractivity contribution in [3.63, 3.8) is 0 Å². The molecule has 0 radical (unpaired) electrons. The highest BCUT2D eigenvalue weighted by Gasteiger charge is 1.97. The fourth-order valence-corrected chi connectivity index (χ4v) is 0.826. The molecule has 3 N–H and O–H groups in total. The monoisotopic (exact) mass is 154 g/mol. The van der Waals surface area contributed by atoms with Gasteiger partial charge in [-0.3, -0.25) is 0 Å². The summed E-state index contributed by atoms with van der Waals surface area (Å²) in [7, 11) is 0. The van der Waals surface area contributed by atoms with Gasteiger partial charge in [-0.1, -0.05) is 0 Å². The normalized spacial score (nSPS) is 13.3. The van der Waals surface area contributed by atoms with E-state index in [4.69, 9.17) is 5.11 Å². The van der Waals surface area contributed by atoms with Gasteiger partial charge in [-0.25, -0.2) is 0 Å². The van der Waals surface area contributed by atoms with Crippen molar-refractivity contribution >= 4 is 0 Å². The fourth-order valence-electron chi connectivity index (χ4n) is 0.826. The molecule has 0 aliphatic rings. The zero-order valence-electron chi connectivity index (χ0n) is 6.67. The van der Waals surface area contributed by atoms with E-state index in [-0.39, 0.29) is 12.6 Å². The van der Waals surface area contributed by atoms with Crippen LogP contribution in [-0.4, -0.2) is 22.7 Å². The Morgan fingerprint density at radius 2 is 2.55 bits per heavy atom. The molecule has 0 spiro atoms. The van der Waals surface area contributed by atoms with E-state index in [0.717, 1.165) is 12.2 Å². The Morgan fingerprint density at radius 1 is 1.73 bits per heavy atom. The van der Waals surface area contributed by atoms with Crippen molar-refractivity contribution in [1.29, 1.82) is 0 Å². The SMILES string of the molecule is C[C@H](CO)NCc1ccc[nH]1. The van der Waals surface area contributed by atoms with Gasteiger partial charge in [0, 0.05) is 24.5 Å². The molecule has 0 unspecified atom stereocenters. The van der Waals surface area contributed by atoms with Gasteiger partial charge < -0.3 is 15.4 Å². The van der Waals surface area contributed by atoms with Crippen LogP contribution in [0.2, 0.25) is 0 Å². The Kier molecular flexibility index (Phi) is 3.14. The van der Waals surface area contributed by atoms with Crippen molar-refractivity contribution in [1.82, 2.24) is 10.3 Å². The Morgan fingerprint density at radius 3 is 3.09 bits per heavy atom. The number of aromatic amines is 1. The van der Waals surface area contributed by atoms with Crippen molar-refractivity contribution in [3.8, 4) is 0 Å². The first-order chi connectivity index (χ1) is 5.33. The van der Waals surface area contributed by atoms with Gasteiger partial charge in [-0.2, -0.15) is 0 Å². The quantitative estimate of drug-likeness (QED) is 0.591. The lowest BCUT2D eigenvalue weighted by Crippen LogP contribution is -2.28. The Bertz CT molecular complexity index is 184. The molecule has 1 aromatic heterocycles. The molecule has 3 nitrogen and oxygen atoms in total. The van der Waals surface area contributed by atoms with Gasteiger partial charge in [-0.15, -0.1) is 0 Å². The third kappa shape index (κ3) is 2.74. The maximum Gasteiger partial charge on any atom is 0.0582 e. The largest absolute Gasteiger partial charge is 0.395 e. The number of aromatic nitrogens is 1. The summed E-state index contributed by atoms with van der Waals surface area (Å²) in [4.78, 5) is 3.07. The van der Waals surface area contributed by atoms with Gasteiger partial charge in [0.25, 0.3) is 0 Å². The van der Waals surface area contributed by atoms with E-state index in [9.17, 15) is 0 Å². The third-order valence-corrected chi connectivity index (χ3v) is 1.58. The number of H-pyrrole nitrogens is 1. The zero-order valence-corrected chi connectivity index (χ0v) is 6.67. The van der Waals surface area contributed by atoms with Crippen molar-refractivity contribution in [2.75, 3.05) is 6.61 Å². The molecule has 1 heterocycles. The first-order valence-electron chi connectivity index (χ1n) is 3.79. The molecule has 0 bridgehead atoms. The van der Waals surface area contributed by atoms with Gasteiger partial charge in [-0.05, 0) is 19.1 Å². The molecule has 0 amide bonds. The lowest BCUT2D eigenvalue weighted by molar-refractivity contribution is 0.250. The molecule has 11 heavy (non-hydrogen) atoms. The predicted octanol–water partition coefficient (Wildman–Crippen LogP) is 0.485. The van der Waals surface area contributed by atoms with Gasteiger partial charge in [0.15, 0.2) is 0 Å². The molecule has 62 valence electrons. The number of hydrogen-bond acceptors (Lipinski definition) is 2. The molecule has 0 aliphatic carbocycles. The van der Waals surface area contributed by atoms with Crippen LogP contribution in [0.25, 0.3) is 0 Å². The highest BCUT2D eigenvalue weighted by atomic mass is 16.3. The first kappa shape index (κ1) is 8.30. The fraction of sp³-hybridized carbons (Fsp3) is 0.500. The standard InChI is InChI=1S/C8H14N2O/c1-7(6-11)10-5-8-3-2-4-9-8/h2-4,7,9-11H,5-6H2,1H3/t7-/m1/s1. The van der Waals surface area contributed by atoms with Crippen molar-refractivity contribution in [2.45, 2.75) is 19.5 Å². The second-order valence-corrected chi connectivity index (χ2v) is 2.66. The molecule has 1 rings (SSSR count). The summed E-state index contributed by atoms with van der Waals surface area (Å²) >= 11 is 0. The van der Waals surface area contributed by atoms with Crippen LogP contribution < -0.4 is 5.32 Å². The van der Waals surface area contributed by atoms with Crippen molar-refractivity contribution < 1.29 is 5.11 Å². The summed E-state index contributed by atoms with van der Waals surface area (Å²) in [5.41, 5.74) is 1.14. The first-order valence-corrected chi connectivity index (χ1v) is 3.79. The Labute approximate surface area is 66.4 Å². The average molecular weight is 154 g/mol. The summed E-state index contributed by atoms with van der Waals surface area (Å²) in [6.07, 6.45) is 1.89. The van der Waals surface area contributed by atoms with E-state index >= 15 is 0 Å². The minimum absolute atomic E-state index is 0.165. The van der Waals surface area contributed by atoms with E-state index in [1.54, 1.807) is 0 Å². The van der Waals surface area contributed by atoms with Crippen LogP contribution in [0.5, 0.6) is 0 Å². The Hall–Kier alpha value is -0.800. The summed E-state index contributed by atoms with van der Waals surface area (Å²) < 4.78 is 0. The second kappa shape index (κ2) is 4.16. The summed E-state index contributed by atoms with van der Waals surface area (Å²) in [6.45, 7) is 2.92. The maximum absolute atomic E-state index is 8.69. The average Bonchev–Trinajstić information content (AvgIpc) is 2.52. The smallest absolute Gasteiger partial charge is 0.0582 e. The van der Waals surface area contributed by atoms with Crippen molar-refractivity contribution in [3.05, 3.63) is 24.0 Å². The van der Waals surface area contributed by atoms with Crippen molar-refractivity contribution in [2.24, 2.45) is 0 Å². The third-order valence-electron chi connectivity index (χ3n) is 1.58. The number of rotatable bonds is 4. The van der Waals surface area contributed by atoms with Crippen LogP contribution in [0.1, 0.15) is 12.6 Å². The number of nitrogens with one attached hydrogen (secondary N) is 2. The van der Waals surface area contributed by atoms with E-state index < -0.39 is 0 Å². The van der Waals surface area contributed by atoms with Crippen LogP contribution in [-0.2, 0) is 6.54 Å². The molecule has 1 atom stereocenters. The minimum Gasteiger partial charge on any atom is -0.395 e. The molecule has 0 saturated heterocycles. The summed E-state index contributed by atoms with van der Waals surface area (Å²) in [6, 6.07) is 4.14. The molecule has 0 saturated carbocycles. The van der Waals surface area contributed by atoms with E-state index in [1.165, 1.54) is 0 Å². The zero-order chi connectivity index (χ0) is 8.10. The van der Waals surface area contributed by atoms with Gasteiger partial charge >= 0.3 is 0 Å². The van der Waals surface area contributed by atoms with E-state index in [2.05, 4.69) is 10.3 Å².